The molecular formula is C26H32N2O3. The van der Waals surface area contributed by atoms with E-state index in [0.717, 1.165) is 44.8 Å². The van der Waals surface area contributed by atoms with Gasteiger partial charge in [0.1, 0.15) is 13.2 Å². The summed E-state index contributed by atoms with van der Waals surface area (Å²) in [5, 5.41) is 0. The van der Waals surface area contributed by atoms with E-state index in [0.29, 0.717) is 36.5 Å². The van der Waals surface area contributed by atoms with E-state index in [1.165, 1.54) is 5.56 Å². The highest BCUT2D eigenvalue weighted by Crippen LogP contribution is 2.55. The molecule has 0 aromatic heterocycles. The Bertz CT molecular complexity index is 935. The van der Waals surface area contributed by atoms with Crippen molar-refractivity contribution in [2.75, 3.05) is 39.4 Å². The zero-order chi connectivity index (χ0) is 21.4. The number of hydrogen-bond acceptors (Lipinski definition) is 4. The summed E-state index contributed by atoms with van der Waals surface area (Å²) in [6, 6.07) is 16.9. The average Bonchev–Trinajstić information content (AvgIpc) is 2.78. The molecule has 1 atom stereocenters. The van der Waals surface area contributed by atoms with Crippen LogP contribution in [0, 0.1) is 11.3 Å². The van der Waals surface area contributed by atoms with Gasteiger partial charge in [-0.1, -0.05) is 44.2 Å². The monoisotopic (exact) mass is 420 g/mol. The lowest BCUT2D eigenvalue weighted by Crippen LogP contribution is -2.63. The second-order valence-electron chi connectivity index (χ2n) is 9.65. The predicted octanol–water partition coefficient (Wildman–Crippen LogP) is 4.39. The van der Waals surface area contributed by atoms with Gasteiger partial charge in [-0.25, -0.2) is 0 Å². The van der Waals surface area contributed by atoms with Crippen LogP contribution < -0.4 is 9.47 Å². The molecule has 3 heterocycles. The van der Waals surface area contributed by atoms with Gasteiger partial charge in [-0.2, -0.15) is 0 Å². The minimum Gasteiger partial charge on any atom is -0.486 e. The molecule has 0 bridgehead atoms. The standard InChI is InChI=1S/C26H32N2O3/c1-19(2)17-28-18-26(24(28)20-6-4-3-5-7-20)10-12-27(13-11-26)25(29)21-8-9-22-23(16-21)31-15-14-30-22/h3-9,16,19,24H,10-15,17-18H2,1-2H3. The lowest BCUT2D eigenvalue weighted by atomic mass is 9.63. The van der Waals surface area contributed by atoms with Crippen molar-refractivity contribution in [2.45, 2.75) is 32.7 Å². The molecule has 1 spiro atoms. The Morgan fingerprint density at radius 1 is 1.03 bits per heavy atom. The molecule has 0 saturated carbocycles. The summed E-state index contributed by atoms with van der Waals surface area (Å²) in [5.74, 6) is 2.16. The first-order valence-electron chi connectivity index (χ1n) is 11.5. The van der Waals surface area contributed by atoms with Crippen molar-refractivity contribution in [3.63, 3.8) is 0 Å². The third-order valence-corrected chi connectivity index (χ3v) is 7.01. The van der Waals surface area contributed by atoms with Crippen LogP contribution in [0.25, 0.3) is 0 Å². The first-order valence-corrected chi connectivity index (χ1v) is 11.5. The highest BCUT2D eigenvalue weighted by molar-refractivity contribution is 5.95. The fraction of sp³-hybridized carbons (Fsp3) is 0.500. The molecule has 2 aromatic rings. The van der Waals surface area contributed by atoms with Crippen LogP contribution in [-0.2, 0) is 0 Å². The number of benzene rings is 2. The van der Waals surface area contributed by atoms with Gasteiger partial charge in [0.25, 0.3) is 5.91 Å². The minimum atomic E-state index is 0.0986. The van der Waals surface area contributed by atoms with Gasteiger partial charge in [0.15, 0.2) is 11.5 Å². The quantitative estimate of drug-likeness (QED) is 0.736. The molecule has 2 aromatic carbocycles. The molecule has 0 radical (unpaired) electrons. The number of nitrogens with zero attached hydrogens (tertiary/aromatic N) is 2. The van der Waals surface area contributed by atoms with Crippen molar-refractivity contribution >= 4 is 5.91 Å². The second-order valence-corrected chi connectivity index (χ2v) is 9.65. The fourth-order valence-electron chi connectivity index (χ4n) is 5.64. The maximum Gasteiger partial charge on any atom is 0.253 e. The van der Waals surface area contributed by atoms with E-state index in [4.69, 9.17) is 9.47 Å². The topological polar surface area (TPSA) is 42.0 Å². The van der Waals surface area contributed by atoms with Crippen molar-refractivity contribution in [3.8, 4) is 11.5 Å². The molecule has 2 saturated heterocycles. The molecule has 3 aliphatic heterocycles. The third kappa shape index (κ3) is 3.80. The van der Waals surface area contributed by atoms with Gasteiger partial charge >= 0.3 is 0 Å². The van der Waals surface area contributed by atoms with E-state index < -0.39 is 0 Å². The van der Waals surface area contributed by atoms with Crippen molar-refractivity contribution in [3.05, 3.63) is 59.7 Å². The highest BCUT2D eigenvalue weighted by Gasteiger charge is 2.54. The molecule has 0 aliphatic carbocycles. The summed E-state index contributed by atoms with van der Waals surface area (Å²) in [4.78, 5) is 17.8. The first kappa shape index (κ1) is 20.4. The summed E-state index contributed by atoms with van der Waals surface area (Å²) in [6.07, 6.45) is 2.11. The molecule has 5 rings (SSSR count). The normalized spacial score (nSPS) is 22.4. The van der Waals surface area contributed by atoms with E-state index in [1.807, 2.05) is 23.1 Å². The molecule has 31 heavy (non-hydrogen) atoms. The smallest absolute Gasteiger partial charge is 0.253 e. The van der Waals surface area contributed by atoms with E-state index in [1.54, 1.807) is 0 Å². The Kier molecular flexibility index (Phi) is 5.39. The Labute approximate surface area is 184 Å². The minimum absolute atomic E-state index is 0.0986. The Morgan fingerprint density at radius 2 is 1.74 bits per heavy atom. The van der Waals surface area contributed by atoms with E-state index >= 15 is 0 Å². The largest absolute Gasteiger partial charge is 0.486 e. The zero-order valence-corrected chi connectivity index (χ0v) is 18.5. The molecule has 164 valence electrons. The molecular weight excluding hydrogens is 388 g/mol. The lowest BCUT2D eigenvalue weighted by molar-refractivity contribution is -0.112. The van der Waals surface area contributed by atoms with Crippen molar-refractivity contribution < 1.29 is 14.3 Å². The summed E-state index contributed by atoms with van der Waals surface area (Å²) >= 11 is 0. The number of fused-ring (bicyclic) bond motifs is 1. The molecule has 3 aliphatic rings. The summed E-state index contributed by atoms with van der Waals surface area (Å²) in [6.45, 7) is 9.56. The highest BCUT2D eigenvalue weighted by atomic mass is 16.6. The second kappa shape index (κ2) is 8.19. The van der Waals surface area contributed by atoms with E-state index in [2.05, 4.69) is 49.1 Å². The van der Waals surface area contributed by atoms with Crippen LogP contribution >= 0.6 is 0 Å². The maximum atomic E-state index is 13.2. The third-order valence-electron chi connectivity index (χ3n) is 7.01. The molecule has 2 fully saturated rings. The van der Waals surface area contributed by atoms with Gasteiger partial charge in [0.05, 0.1) is 0 Å². The summed E-state index contributed by atoms with van der Waals surface area (Å²) in [7, 11) is 0. The summed E-state index contributed by atoms with van der Waals surface area (Å²) in [5.41, 5.74) is 2.38. The van der Waals surface area contributed by atoms with Crippen LogP contribution in [0.2, 0.25) is 0 Å². The van der Waals surface area contributed by atoms with Gasteiger partial charge in [-0.3, -0.25) is 9.69 Å². The Morgan fingerprint density at radius 3 is 2.45 bits per heavy atom. The average molecular weight is 421 g/mol. The van der Waals surface area contributed by atoms with Gasteiger partial charge in [-0.05, 0) is 42.5 Å². The molecule has 5 heteroatoms. The number of piperidine rings is 1. The van der Waals surface area contributed by atoms with Crippen molar-refractivity contribution in [1.82, 2.24) is 9.80 Å². The fourth-order valence-corrected chi connectivity index (χ4v) is 5.64. The summed E-state index contributed by atoms with van der Waals surface area (Å²) < 4.78 is 11.3. The van der Waals surface area contributed by atoms with Crippen LogP contribution in [0.15, 0.2) is 48.5 Å². The molecule has 1 amide bonds. The number of amides is 1. The maximum absolute atomic E-state index is 13.2. The first-order chi connectivity index (χ1) is 15.1. The number of hydrogen-bond donors (Lipinski definition) is 0. The number of carbonyl (C=O) groups is 1. The van der Waals surface area contributed by atoms with E-state index in [9.17, 15) is 4.79 Å². The SMILES string of the molecule is CC(C)CN1CC2(CCN(C(=O)c3ccc4c(c3)OCCO4)CC2)C1c1ccccc1. The predicted molar refractivity (Wildman–Crippen MR) is 121 cm³/mol. The van der Waals surface area contributed by atoms with Crippen molar-refractivity contribution in [2.24, 2.45) is 11.3 Å². The number of carbonyl (C=O) groups excluding carboxylic acids is 1. The molecule has 5 nitrogen and oxygen atoms in total. The van der Waals surface area contributed by atoms with Crippen LogP contribution in [0.3, 0.4) is 0 Å². The van der Waals surface area contributed by atoms with Crippen LogP contribution in [-0.4, -0.2) is 55.1 Å². The van der Waals surface area contributed by atoms with Gasteiger partial charge in [0, 0.05) is 43.2 Å². The molecule has 1 unspecified atom stereocenters. The van der Waals surface area contributed by atoms with Gasteiger partial charge in [-0.15, -0.1) is 0 Å². The Hall–Kier alpha value is -2.53. The van der Waals surface area contributed by atoms with Gasteiger partial charge in [0.2, 0.25) is 0 Å². The number of likely N-dealkylation sites (tertiary alicyclic amines) is 2. The van der Waals surface area contributed by atoms with Crippen LogP contribution in [0.4, 0.5) is 0 Å². The number of ether oxygens (including phenoxy) is 2. The molecule has 0 N–H and O–H groups in total. The van der Waals surface area contributed by atoms with Crippen LogP contribution in [0.1, 0.15) is 48.7 Å². The van der Waals surface area contributed by atoms with Crippen molar-refractivity contribution in [1.29, 1.82) is 0 Å². The van der Waals surface area contributed by atoms with Gasteiger partial charge < -0.3 is 14.4 Å². The van der Waals surface area contributed by atoms with Crippen LogP contribution in [0.5, 0.6) is 11.5 Å². The zero-order valence-electron chi connectivity index (χ0n) is 18.5. The number of rotatable bonds is 4. The lowest BCUT2D eigenvalue weighted by Gasteiger charge is -2.61. The Balaban J connectivity index is 1.29. The van der Waals surface area contributed by atoms with E-state index in [-0.39, 0.29) is 11.3 Å².